The Hall–Kier alpha value is -0.510. The van der Waals surface area contributed by atoms with Gasteiger partial charge in [0.15, 0.2) is 0 Å². The van der Waals surface area contributed by atoms with Crippen molar-refractivity contribution < 1.29 is 14.7 Å². The van der Waals surface area contributed by atoms with Crippen molar-refractivity contribution in [3.63, 3.8) is 0 Å². The Labute approximate surface area is 63.8 Å². The number of rotatable bonds is 5. The summed E-state index contributed by atoms with van der Waals surface area (Å²) in [6.45, 7) is 1.77. The zero-order valence-electron chi connectivity index (χ0n) is 5.79. The van der Waals surface area contributed by atoms with Crippen LogP contribution in [-0.2, 0) is 9.59 Å². The molecule has 0 saturated carbocycles. The fourth-order valence-electron chi connectivity index (χ4n) is 0.354. The van der Waals surface area contributed by atoms with Crippen molar-refractivity contribution in [1.82, 2.24) is 0 Å². The van der Waals surface area contributed by atoms with E-state index in [4.69, 9.17) is 5.11 Å². The number of carbonyl (C=O) groups excluding carboxylic acids is 1. The molecule has 3 nitrogen and oxygen atoms in total. The fourth-order valence-corrected chi connectivity index (χ4v) is 1.06. The summed E-state index contributed by atoms with van der Waals surface area (Å²) in [5.41, 5.74) is 0. The Bertz CT molecular complexity index is 133. The summed E-state index contributed by atoms with van der Waals surface area (Å²) in [7, 11) is 0. The summed E-state index contributed by atoms with van der Waals surface area (Å²) in [5.74, 6) is -0.422. The van der Waals surface area contributed by atoms with Crippen LogP contribution in [0.5, 0.6) is 0 Å². The number of ketones is 1. The number of Topliss-reactive ketones (excluding diaryl/α,β-unsaturated/α-hetero) is 1. The van der Waals surface area contributed by atoms with Crippen molar-refractivity contribution in [2.75, 3.05) is 11.5 Å². The molecule has 1 N–H and O–H groups in total. The number of hydrogen-bond donors (Lipinski definition) is 1. The van der Waals surface area contributed by atoms with Crippen molar-refractivity contribution >= 4 is 23.5 Å². The first-order valence-electron chi connectivity index (χ1n) is 2.98. The maximum Gasteiger partial charge on any atom is 0.313 e. The van der Waals surface area contributed by atoms with Gasteiger partial charge >= 0.3 is 5.97 Å². The summed E-state index contributed by atoms with van der Waals surface area (Å²) < 4.78 is 0. The van der Waals surface area contributed by atoms with E-state index >= 15 is 0 Å². The highest BCUT2D eigenvalue weighted by atomic mass is 32.2. The summed E-state index contributed by atoms with van der Waals surface area (Å²) in [6.07, 6.45) is 0.493. The van der Waals surface area contributed by atoms with Crippen LogP contribution in [0.2, 0.25) is 0 Å². The van der Waals surface area contributed by atoms with Gasteiger partial charge in [-0.05, 0) is 0 Å². The van der Waals surface area contributed by atoms with Gasteiger partial charge in [-0.1, -0.05) is 6.92 Å². The van der Waals surface area contributed by atoms with Crippen LogP contribution < -0.4 is 0 Å². The van der Waals surface area contributed by atoms with Crippen molar-refractivity contribution in [3.8, 4) is 0 Å². The normalized spacial score (nSPS) is 9.30. The zero-order chi connectivity index (χ0) is 7.98. The second-order valence-corrected chi connectivity index (χ2v) is 2.76. The number of carboxylic acid groups (broad SMARTS) is 1. The van der Waals surface area contributed by atoms with Gasteiger partial charge in [-0.3, -0.25) is 9.59 Å². The SMILES string of the molecule is CCC(=O)CSCC(=O)O. The third kappa shape index (κ3) is 5.62. The lowest BCUT2D eigenvalue weighted by molar-refractivity contribution is -0.133. The van der Waals surface area contributed by atoms with Gasteiger partial charge in [-0.2, -0.15) is 0 Å². The first kappa shape index (κ1) is 9.49. The standard InChI is InChI=1S/C6H10O3S/c1-2-5(7)3-10-4-6(8)9/h2-4H2,1H3,(H,8,9). The highest BCUT2D eigenvalue weighted by Gasteiger charge is 2.00. The van der Waals surface area contributed by atoms with Gasteiger partial charge in [0.25, 0.3) is 0 Å². The summed E-state index contributed by atoms with van der Waals surface area (Å²) in [6, 6.07) is 0. The van der Waals surface area contributed by atoms with Gasteiger partial charge in [0, 0.05) is 6.42 Å². The van der Waals surface area contributed by atoms with Crippen LogP contribution in [0.25, 0.3) is 0 Å². The van der Waals surface area contributed by atoms with E-state index in [0.717, 1.165) is 11.8 Å². The lowest BCUT2D eigenvalue weighted by Crippen LogP contribution is -2.04. The van der Waals surface area contributed by atoms with Crippen LogP contribution in [-0.4, -0.2) is 28.4 Å². The van der Waals surface area contributed by atoms with Gasteiger partial charge < -0.3 is 5.11 Å². The largest absolute Gasteiger partial charge is 0.481 e. The minimum absolute atomic E-state index is 0.0196. The summed E-state index contributed by atoms with van der Waals surface area (Å²) >= 11 is 1.14. The molecule has 0 aliphatic carbocycles. The molecule has 0 unspecified atom stereocenters. The highest BCUT2D eigenvalue weighted by molar-refractivity contribution is 8.00. The maximum absolute atomic E-state index is 10.6. The molecule has 0 radical (unpaired) electrons. The first-order chi connectivity index (χ1) is 4.66. The van der Waals surface area contributed by atoms with Crippen LogP contribution in [0.15, 0.2) is 0 Å². The van der Waals surface area contributed by atoms with Gasteiger partial charge in [-0.25, -0.2) is 0 Å². The molecule has 0 aromatic rings. The van der Waals surface area contributed by atoms with Crippen LogP contribution >= 0.6 is 11.8 Å². The predicted molar refractivity (Wildman–Crippen MR) is 40.3 cm³/mol. The van der Waals surface area contributed by atoms with E-state index in [1.54, 1.807) is 6.92 Å². The average molecular weight is 162 g/mol. The summed E-state index contributed by atoms with van der Waals surface area (Å²) in [5, 5.41) is 8.17. The number of aliphatic carboxylic acids is 1. The molecular weight excluding hydrogens is 152 g/mol. The minimum atomic E-state index is -0.867. The van der Waals surface area contributed by atoms with Crippen molar-refractivity contribution in [2.45, 2.75) is 13.3 Å². The molecule has 0 fully saturated rings. The van der Waals surface area contributed by atoms with E-state index in [9.17, 15) is 9.59 Å². The van der Waals surface area contributed by atoms with Gasteiger partial charge in [0.1, 0.15) is 5.78 Å². The van der Waals surface area contributed by atoms with Gasteiger partial charge in [0.05, 0.1) is 11.5 Å². The van der Waals surface area contributed by atoms with Gasteiger partial charge in [-0.15, -0.1) is 11.8 Å². The molecule has 4 heteroatoms. The monoisotopic (exact) mass is 162 g/mol. The molecule has 58 valence electrons. The molecule has 0 aromatic heterocycles. The van der Waals surface area contributed by atoms with Gasteiger partial charge in [0.2, 0.25) is 0 Å². The van der Waals surface area contributed by atoms with Crippen molar-refractivity contribution in [1.29, 1.82) is 0 Å². The molecule has 0 atom stereocenters. The molecule has 0 bridgehead atoms. The molecule has 0 aliphatic heterocycles. The van der Waals surface area contributed by atoms with Crippen molar-refractivity contribution in [3.05, 3.63) is 0 Å². The molecule has 0 heterocycles. The second-order valence-electron chi connectivity index (χ2n) is 1.78. The predicted octanol–water partition coefficient (Wildman–Crippen LogP) is 0.783. The third-order valence-corrected chi connectivity index (χ3v) is 1.86. The minimum Gasteiger partial charge on any atom is -0.481 e. The average Bonchev–Trinajstić information content (AvgIpc) is 1.87. The number of hydrogen-bond acceptors (Lipinski definition) is 3. The fraction of sp³-hybridized carbons (Fsp3) is 0.667. The number of thioether (sulfide) groups is 1. The first-order valence-corrected chi connectivity index (χ1v) is 4.13. The molecule has 0 aliphatic rings. The van der Waals surface area contributed by atoms with Crippen LogP contribution in [0.4, 0.5) is 0 Å². The Morgan fingerprint density at radius 2 is 2.00 bits per heavy atom. The van der Waals surface area contributed by atoms with Crippen LogP contribution in [0, 0.1) is 0 Å². The molecule has 0 aromatic carbocycles. The Kier molecular flexibility index (Phi) is 5.02. The molecule has 0 spiro atoms. The second kappa shape index (κ2) is 5.29. The maximum atomic E-state index is 10.6. The topological polar surface area (TPSA) is 54.4 Å². The lowest BCUT2D eigenvalue weighted by atomic mass is 10.4. The van der Waals surface area contributed by atoms with E-state index in [1.165, 1.54) is 0 Å². The molecule has 0 rings (SSSR count). The molecular formula is C6H10O3S. The lowest BCUT2D eigenvalue weighted by Gasteiger charge is -1.93. The molecule has 0 amide bonds. The number of carbonyl (C=O) groups is 2. The Morgan fingerprint density at radius 3 is 2.40 bits per heavy atom. The van der Waals surface area contributed by atoms with E-state index in [0.29, 0.717) is 12.2 Å². The Morgan fingerprint density at radius 1 is 1.40 bits per heavy atom. The summed E-state index contributed by atoms with van der Waals surface area (Å²) in [4.78, 5) is 20.5. The highest BCUT2D eigenvalue weighted by Crippen LogP contribution is 2.00. The quantitative estimate of drug-likeness (QED) is 0.649. The molecule has 0 saturated heterocycles. The Balaban J connectivity index is 3.20. The van der Waals surface area contributed by atoms with E-state index in [1.807, 2.05) is 0 Å². The molecule has 10 heavy (non-hydrogen) atoms. The zero-order valence-corrected chi connectivity index (χ0v) is 6.61. The smallest absolute Gasteiger partial charge is 0.313 e. The van der Waals surface area contributed by atoms with Crippen molar-refractivity contribution in [2.24, 2.45) is 0 Å². The van der Waals surface area contributed by atoms with Crippen LogP contribution in [0.1, 0.15) is 13.3 Å². The van der Waals surface area contributed by atoms with E-state index < -0.39 is 5.97 Å². The third-order valence-electron chi connectivity index (χ3n) is 0.883. The van der Waals surface area contributed by atoms with E-state index in [-0.39, 0.29) is 11.5 Å². The van der Waals surface area contributed by atoms with Crippen LogP contribution in [0.3, 0.4) is 0 Å². The van der Waals surface area contributed by atoms with E-state index in [2.05, 4.69) is 0 Å². The number of carboxylic acids is 1.